The van der Waals surface area contributed by atoms with Gasteiger partial charge in [0.2, 0.25) is 10.9 Å². The largest absolute Gasteiger partial charge is 0.325 e. The van der Waals surface area contributed by atoms with E-state index in [1.807, 2.05) is 45.9 Å². The first kappa shape index (κ1) is 18.8. The Morgan fingerprint density at radius 1 is 1.35 bits per heavy atom. The van der Waals surface area contributed by atoms with Crippen LogP contribution in [0, 0.1) is 19.8 Å². The molecule has 1 atom stereocenters. The van der Waals surface area contributed by atoms with Crippen LogP contribution >= 0.6 is 23.1 Å². The fraction of sp³-hybridized carbons (Fsp3) is 0.412. The van der Waals surface area contributed by atoms with E-state index in [-0.39, 0.29) is 23.6 Å². The first-order chi connectivity index (χ1) is 12.3. The fourth-order valence-electron chi connectivity index (χ4n) is 2.36. The van der Waals surface area contributed by atoms with Crippen molar-refractivity contribution in [3.8, 4) is 0 Å². The second kappa shape index (κ2) is 7.73. The highest BCUT2D eigenvalue weighted by molar-refractivity contribution is 8.01. The number of nitrogens with two attached hydrogens (primary N) is 1. The standard InChI is InChI=1S/C17H22N6OS2/c1-9(2)14(18)15-20-21-16-23(15)22-17(26-16)25-8-13(24)19-12-7-10(3)5-6-11(12)4/h5-7,9,14H,8,18H2,1-4H3,(H,19,24). The lowest BCUT2D eigenvalue weighted by molar-refractivity contribution is -0.113. The summed E-state index contributed by atoms with van der Waals surface area (Å²) in [6.07, 6.45) is 0. The number of nitrogens with one attached hydrogen (secondary N) is 1. The molecule has 2 heterocycles. The monoisotopic (exact) mass is 390 g/mol. The minimum atomic E-state index is -0.224. The maximum absolute atomic E-state index is 12.3. The topological polar surface area (TPSA) is 98.2 Å². The molecule has 0 radical (unpaired) electrons. The number of nitrogens with zero attached hydrogens (tertiary/aromatic N) is 4. The molecule has 0 saturated heterocycles. The zero-order valence-electron chi connectivity index (χ0n) is 15.2. The van der Waals surface area contributed by atoms with Gasteiger partial charge >= 0.3 is 0 Å². The third-order valence-corrected chi connectivity index (χ3v) is 6.04. The number of amides is 1. The molecule has 1 aromatic carbocycles. The van der Waals surface area contributed by atoms with E-state index in [9.17, 15) is 4.79 Å². The van der Waals surface area contributed by atoms with E-state index in [1.165, 1.54) is 23.1 Å². The summed E-state index contributed by atoms with van der Waals surface area (Å²) in [5.74, 6) is 1.11. The summed E-state index contributed by atoms with van der Waals surface area (Å²) in [6, 6.07) is 5.78. The van der Waals surface area contributed by atoms with Gasteiger partial charge in [-0.15, -0.1) is 15.3 Å². The number of aryl methyl sites for hydroxylation is 2. The Balaban J connectivity index is 1.66. The van der Waals surface area contributed by atoms with Crippen molar-refractivity contribution in [1.82, 2.24) is 19.8 Å². The molecule has 138 valence electrons. The van der Waals surface area contributed by atoms with Gasteiger partial charge in [0.05, 0.1) is 11.8 Å². The van der Waals surface area contributed by atoms with Crippen LogP contribution in [0.4, 0.5) is 5.69 Å². The van der Waals surface area contributed by atoms with E-state index in [0.29, 0.717) is 10.8 Å². The third-order valence-electron chi connectivity index (χ3n) is 4.01. The minimum absolute atomic E-state index is 0.0613. The van der Waals surface area contributed by atoms with Crippen molar-refractivity contribution < 1.29 is 4.79 Å². The van der Waals surface area contributed by atoms with Crippen LogP contribution in [0.5, 0.6) is 0 Å². The van der Waals surface area contributed by atoms with Gasteiger partial charge in [0, 0.05) is 5.69 Å². The predicted octanol–water partition coefficient (Wildman–Crippen LogP) is 3.19. The zero-order valence-corrected chi connectivity index (χ0v) is 16.8. The van der Waals surface area contributed by atoms with Gasteiger partial charge < -0.3 is 11.1 Å². The Morgan fingerprint density at radius 2 is 2.12 bits per heavy atom. The molecular weight excluding hydrogens is 368 g/mol. The van der Waals surface area contributed by atoms with E-state index >= 15 is 0 Å². The summed E-state index contributed by atoms with van der Waals surface area (Å²) >= 11 is 2.79. The Kier molecular flexibility index (Phi) is 5.59. The van der Waals surface area contributed by atoms with Crippen LogP contribution in [-0.4, -0.2) is 31.5 Å². The molecule has 0 bridgehead atoms. The quantitative estimate of drug-likeness (QED) is 0.627. The molecule has 9 heteroatoms. The number of thioether (sulfide) groups is 1. The van der Waals surface area contributed by atoms with Gasteiger partial charge in [-0.25, -0.2) is 0 Å². The van der Waals surface area contributed by atoms with Gasteiger partial charge in [-0.3, -0.25) is 4.79 Å². The number of hydrogen-bond donors (Lipinski definition) is 2. The Hall–Kier alpha value is -1.97. The molecule has 0 fully saturated rings. The lowest BCUT2D eigenvalue weighted by atomic mass is 10.1. The van der Waals surface area contributed by atoms with E-state index in [1.54, 1.807) is 4.52 Å². The molecule has 0 saturated carbocycles. The van der Waals surface area contributed by atoms with Crippen LogP contribution in [0.2, 0.25) is 0 Å². The van der Waals surface area contributed by atoms with Crippen LogP contribution in [0.3, 0.4) is 0 Å². The molecule has 0 spiro atoms. The van der Waals surface area contributed by atoms with Crippen LogP contribution in [0.25, 0.3) is 4.96 Å². The number of carbonyl (C=O) groups is 1. The Bertz CT molecular complexity index is 933. The first-order valence-electron chi connectivity index (χ1n) is 8.32. The van der Waals surface area contributed by atoms with Crippen LogP contribution in [0.15, 0.2) is 22.5 Å². The predicted molar refractivity (Wildman–Crippen MR) is 106 cm³/mol. The maximum Gasteiger partial charge on any atom is 0.235 e. The smallest absolute Gasteiger partial charge is 0.235 e. The van der Waals surface area contributed by atoms with Crippen molar-refractivity contribution in [2.75, 3.05) is 11.1 Å². The second-order valence-electron chi connectivity index (χ2n) is 6.55. The number of benzene rings is 1. The van der Waals surface area contributed by atoms with Crippen molar-refractivity contribution >= 4 is 39.7 Å². The van der Waals surface area contributed by atoms with Crippen molar-refractivity contribution in [2.24, 2.45) is 11.7 Å². The molecule has 26 heavy (non-hydrogen) atoms. The fourth-order valence-corrected chi connectivity index (χ4v) is 4.05. The molecule has 0 aliphatic carbocycles. The summed E-state index contributed by atoms with van der Waals surface area (Å²) in [5, 5.41) is 15.7. The number of carbonyl (C=O) groups excluding carboxylic acids is 1. The lowest BCUT2D eigenvalue weighted by Gasteiger charge is -2.11. The highest BCUT2D eigenvalue weighted by Crippen LogP contribution is 2.27. The molecule has 3 aromatic rings. The van der Waals surface area contributed by atoms with E-state index in [0.717, 1.165) is 21.2 Å². The van der Waals surface area contributed by atoms with Gasteiger partial charge in [-0.05, 0) is 37.0 Å². The first-order valence-corrected chi connectivity index (χ1v) is 10.1. The minimum Gasteiger partial charge on any atom is -0.325 e. The van der Waals surface area contributed by atoms with Gasteiger partial charge in [0.15, 0.2) is 10.2 Å². The van der Waals surface area contributed by atoms with Gasteiger partial charge in [-0.2, -0.15) is 4.52 Å². The average Bonchev–Trinajstić information content (AvgIpc) is 3.15. The van der Waals surface area contributed by atoms with E-state index in [4.69, 9.17) is 5.73 Å². The number of rotatable bonds is 6. The van der Waals surface area contributed by atoms with Crippen molar-refractivity contribution in [1.29, 1.82) is 0 Å². The van der Waals surface area contributed by atoms with Crippen molar-refractivity contribution in [3.63, 3.8) is 0 Å². The van der Waals surface area contributed by atoms with E-state index in [2.05, 4.69) is 20.6 Å². The van der Waals surface area contributed by atoms with Crippen LogP contribution in [-0.2, 0) is 4.79 Å². The summed E-state index contributed by atoms with van der Waals surface area (Å²) in [4.78, 5) is 12.9. The highest BCUT2D eigenvalue weighted by Gasteiger charge is 2.20. The molecule has 7 nitrogen and oxygen atoms in total. The lowest BCUT2D eigenvalue weighted by Crippen LogP contribution is -2.20. The molecule has 0 aliphatic rings. The van der Waals surface area contributed by atoms with Crippen LogP contribution in [0.1, 0.15) is 36.8 Å². The van der Waals surface area contributed by atoms with Gasteiger partial charge in [0.25, 0.3) is 0 Å². The molecule has 0 aliphatic heterocycles. The number of aromatic nitrogens is 4. The maximum atomic E-state index is 12.3. The molecule has 1 amide bonds. The third kappa shape index (κ3) is 4.05. The SMILES string of the molecule is Cc1ccc(C)c(NC(=O)CSc2nn3c(C(N)C(C)C)nnc3s2)c1. The van der Waals surface area contributed by atoms with E-state index < -0.39 is 0 Å². The number of hydrogen-bond acceptors (Lipinski definition) is 7. The molecule has 1 unspecified atom stereocenters. The van der Waals surface area contributed by atoms with Crippen molar-refractivity contribution in [2.45, 2.75) is 38.1 Å². The van der Waals surface area contributed by atoms with Gasteiger partial charge in [-0.1, -0.05) is 49.1 Å². The summed E-state index contributed by atoms with van der Waals surface area (Å²) in [5.41, 5.74) is 9.16. The summed E-state index contributed by atoms with van der Waals surface area (Å²) in [7, 11) is 0. The summed E-state index contributed by atoms with van der Waals surface area (Å²) < 4.78 is 2.45. The van der Waals surface area contributed by atoms with Crippen molar-refractivity contribution in [3.05, 3.63) is 35.2 Å². The summed E-state index contributed by atoms with van der Waals surface area (Å²) in [6.45, 7) is 8.05. The average molecular weight is 391 g/mol. The highest BCUT2D eigenvalue weighted by atomic mass is 32.2. The molecule has 3 rings (SSSR count). The Morgan fingerprint density at radius 3 is 2.85 bits per heavy atom. The van der Waals surface area contributed by atoms with Crippen LogP contribution < -0.4 is 11.1 Å². The zero-order chi connectivity index (χ0) is 18.8. The normalized spacial score (nSPS) is 12.7. The van der Waals surface area contributed by atoms with Gasteiger partial charge in [0.1, 0.15) is 0 Å². The Labute approximate surface area is 160 Å². The number of fused-ring (bicyclic) bond motifs is 1. The second-order valence-corrected chi connectivity index (χ2v) is 8.72. The molecular formula is C17H22N6OS2. The number of anilines is 1. The molecule has 2 aromatic heterocycles. The molecule has 3 N–H and O–H groups in total.